The molecule has 0 saturated heterocycles. The highest BCUT2D eigenvalue weighted by Crippen LogP contribution is 2.47. The third-order valence-corrected chi connectivity index (χ3v) is 5.10. The van der Waals surface area contributed by atoms with E-state index in [1.54, 1.807) is 6.33 Å². The van der Waals surface area contributed by atoms with Crippen LogP contribution in [0, 0.1) is 11.8 Å². The van der Waals surface area contributed by atoms with Gasteiger partial charge in [-0.1, -0.05) is 32.1 Å². The first-order chi connectivity index (χ1) is 9.42. The van der Waals surface area contributed by atoms with Gasteiger partial charge >= 0.3 is 0 Å². The molecule has 2 fully saturated rings. The lowest BCUT2D eigenvalue weighted by Gasteiger charge is -2.40. The lowest BCUT2D eigenvalue weighted by Crippen LogP contribution is -2.30. The monoisotopic (exact) mass is 256 g/mol. The molecule has 2 aromatic rings. The maximum Gasteiger partial charge on any atom is 0.180 e. The summed E-state index contributed by atoms with van der Waals surface area (Å²) in [7, 11) is 0. The van der Waals surface area contributed by atoms with Crippen molar-refractivity contribution < 1.29 is 0 Å². The number of rotatable bonds is 1. The van der Waals surface area contributed by atoms with E-state index in [-0.39, 0.29) is 0 Å². The Hall–Kier alpha value is -1.45. The summed E-state index contributed by atoms with van der Waals surface area (Å²) in [6, 6.07) is 0. The second-order valence-corrected chi connectivity index (χ2v) is 6.11. The van der Waals surface area contributed by atoms with E-state index >= 15 is 0 Å². The minimum atomic E-state index is 0.570. The maximum atomic E-state index is 4.70. The fraction of sp³-hybridized carbons (Fsp3) is 0.667. The van der Waals surface area contributed by atoms with Crippen molar-refractivity contribution in [2.24, 2.45) is 11.8 Å². The normalized spacial score (nSPS) is 31.3. The highest BCUT2D eigenvalue weighted by molar-refractivity contribution is 5.68. The van der Waals surface area contributed by atoms with Crippen LogP contribution in [0.1, 0.15) is 56.7 Å². The van der Waals surface area contributed by atoms with Gasteiger partial charge in [-0.2, -0.15) is 0 Å². The van der Waals surface area contributed by atoms with Crippen LogP contribution in [0.25, 0.3) is 11.2 Å². The predicted octanol–water partition coefficient (Wildman–Crippen LogP) is 3.43. The molecule has 2 aliphatic rings. The van der Waals surface area contributed by atoms with Gasteiger partial charge < -0.3 is 4.98 Å². The van der Waals surface area contributed by atoms with E-state index in [0.29, 0.717) is 5.92 Å². The average molecular weight is 256 g/mol. The number of imidazole rings is 1. The topological polar surface area (TPSA) is 54.5 Å². The minimum Gasteiger partial charge on any atom is -0.342 e. The largest absolute Gasteiger partial charge is 0.342 e. The quantitative estimate of drug-likeness (QED) is 0.850. The third kappa shape index (κ3) is 1.94. The standard InChI is InChI=1S/C15H20N4/c1-2-6-11-10(4-1)5-3-7-12(11)14-16-8-13-15(19-14)18-9-17-13/h8-12H,1-7H2,(H,16,17,18,19). The fourth-order valence-corrected chi connectivity index (χ4v) is 4.19. The van der Waals surface area contributed by atoms with Gasteiger partial charge in [0.15, 0.2) is 5.65 Å². The van der Waals surface area contributed by atoms with Gasteiger partial charge in [-0.25, -0.2) is 15.0 Å². The van der Waals surface area contributed by atoms with Crippen LogP contribution in [0.3, 0.4) is 0 Å². The van der Waals surface area contributed by atoms with Gasteiger partial charge in [-0.3, -0.25) is 0 Å². The van der Waals surface area contributed by atoms with Crippen LogP contribution < -0.4 is 0 Å². The van der Waals surface area contributed by atoms with Crippen molar-refractivity contribution in [2.75, 3.05) is 0 Å². The van der Waals surface area contributed by atoms with Crippen molar-refractivity contribution in [1.29, 1.82) is 0 Å². The van der Waals surface area contributed by atoms with Crippen molar-refractivity contribution in [1.82, 2.24) is 19.9 Å². The van der Waals surface area contributed by atoms with Crippen LogP contribution in [0.5, 0.6) is 0 Å². The van der Waals surface area contributed by atoms with Crippen LogP contribution in [-0.4, -0.2) is 19.9 Å². The Kier molecular flexibility index (Phi) is 2.75. The van der Waals surface area contributed by atoms with E-state index in [0.717, 1.165) is 28.8 Å². The molecule has 0 aromatic carbocycles. The average Bonchev–Trinajstić information content (AvgIpc) is 2.94. The van der Waals surface area contributed by atoms with Gasteiger partial charge in [0.05, 0.1) is 12.5 Å². The van der Waals surface area contributed by atoms with E-state index in [2.05, 4.69) is 15.0 Å². The summed E-state index contributed by atoms with van der Waals surface area (Å²) >= 11 is 0. The molecule has 2 aromatic heterocycles. The van der Waals surface area contributed by atoms with E-state index in [1.807, 2.05) is 6.20 Å². The molecule has 0 bridgehead atoms. The smallest absolute Gasteiger partial charge is 0.180 e. The zero-order chi connectivity index (χ0) is 12.7. The number of H-pyrrole nitrogens is 1. The van der Waals surface area contributed by atoms with Crippen molar-refractivity contribution in [3.63, 3.8) is 0 Å². The minimum absolute atomic E-state index is 0.570. The molecule has 100 valence electrons. The first-order valence-corrected chi connectivity index (χ1v) is 7.58. The van der Waals surface area contributed by atoms with Crippen molar-refractivity contribution >= 4 is 11.2 Å². The molecule has 0 amide bonds. The number of fused-ring (bicyclic) bond motifs is 2. The first kappa shape index (κ1) is 11.4. The van der Waals surface area contributed by atoms with Crippen molar-refractivity contribution in [3.05, 3.63) is 18.3 Å². The van der Waals surface area contributed by atoms with E-state index in [1.165, 1.54) is 44.9 Å². The second kappa shape index (κ2) is 4.58. The fourth-order valence-electron chi connectivity index (χ4n) is 4.19. The Morgan fingerprint density at radius 3 is 2.89 bits per heavy atom. The zero-order valence-electron chi connectivity index (χ0n) is 11.2. The molecule has 3 unspecified atom stereocenters. The van der Waals surface area contributed by atoms with Crippen LogP contribution in [0.15, 0.2) is 12.5 Å². The van der Waals surface area contributed by atoms with Crippen molar-refractivity contribution in [2.45, 2.75) is 50.9 Å². The summed E-state index contributed by atoms with van der Waals surface area (Å²) in [6.45, 7) is 0. The highest BCUT2D eigenvalue weighted by atomic mass is 15.0. The summed E-state index contributed by atoms with van der Waals surface area (Å²) < 4.78 is 0. The number of hydrogen-bond acceptors (Lipinski definition) is 3. The number of nitrogens with zero attached hydrogens (tertiary/aromatic N) is 3. The zero-order valence-corrected chi connectivity index (χ0v) is 11.2. The molecule has 4 rings (SSSR count). The number of hydrogen-bond donors (Lipinski definition) is 1. The summed E-state index contributed by atoms with van der Waals surface area (Å²) in [4.78, 5) is 16.6. The molecule has 2 saturated carbocycles. The lowest BCUT2D eigenvalue weighted by molar-refractivity contribution is 0.140. The Balaban J connectivity index is 1.68. The van der Waals surface area contributed by atoms with Gasteiger partial charge in [0.1, 0.15) is 11.3 Å². The Morgan fingerprint density at radius 1 is 1.00 bits per heavy atom. The predicted molar refractivity (Wildman–Crippen MR) is 73.7 cm³/mol. The van der Waals surface area contributed by atoms with E-state index in [4.69, 9.17) is 4.98 Å². The molecule has 4 nitrogen and oxygen atoms in total. The maximum absolute atomic E-state index is 4.70. The van der Waals surface area contributed by atoms with Crippen LogP contribution in [0.4, 0.5) is 0 Å². The SMILES string of the molecule is c1nc2nc(C3CCCC4CCCCC43)ncc2[nH]1. The Bertz CT molecular complexity index is 574. The number of nitrogens with one attached hydrogen (secondary N) is 1. The van der Waals surface area contributed by atoms with Gasteiger partial charge in [0, 0.05) is 5.92 Å². The van der Waals surface area contributed by atoms with Gasteiger partial charge in [0.2, 0.25) is 0 Å². The Labute approximate surface area is 113 Å². The van der Waals surface area contributed by atoms with Crippen LogP contribution in [0.2, 0.25) is 0 Å². The molecular formula is C15H20N4. The summed E-state index contributed by atoms with van der Waals surface area (Å²) in [5.41, 5.74) is 1.77. The first-order valence-electron chi connectivity index (χ1n) is 7.58. The lowest BCUT2D eigenvalue weighted by atomic mass is 9.65. The highest BCUT2D eigenvalue weighted by Gasteiger charge is 2.36. The van der Waals surface area contributed by atoms with Gasteiger partial charge in [0.25, 0.3) is 0 Å². The molecule has 0 spiro atoms. The molecule has 1 N–H and O–H groups in total. The van der Waals surface area contributed by atoms with E-state index < -0.39 is 0 Å². The second-order valence-electron chi connectivity index (χ2n) is 6.11. The van der Waals surface area contributed by atoms with Gasteiger partial charge in [-0.05, 0) is 24.7 Å². The van der Waals surface area contributed by atoms with Crippen LogP contribution >= 0.6 is 0 Å². The van der Waals surface area contributed by atoms with Crippen LogP contribution in [-0.2, 0) is 0 Å². The van der Waals surface area contributed by atoms with Gasteiger partial charge in [-0.15, -0.1) is 0 Å². The summed E-state index contributed by atoms with van der Waals surface area (Å²) in [5, 5.41) is 0. The molecule has 2 heterocycles. The summed E-state index contributed by atoms with van der Waals surface area (Å²) in [5.74, 6) is 3.35. The molecule has 0 aliphatic heterocycles. The number of aromatic amines is 1. The molecule has 0 radical (unpaired) electrons. The van der Waals surface area contributed by atoms with Crippen molar-refractivity contribution in [3.8, 4) is 0 Å². The van der Waals surface area contributed by atoms with E-state index in [9.17, 15) is 0 Å². The molecule has 19 heavy (non-hydrogen) atoms. The molecular weight excluding hydrogens is 236 g/mol. The molecule has 3 atom stereocenters. The Morgan fingerprint density at radius 2 is 1.89 bits per heavy atom. The number of aromatic nitrogens is 4. The summed E-state index contributed by atoms with van der Waals surface area (Å²) in [6.07, 6.45) is 13.2. The molecule has 4 heteroatoms. The third-order valence-electron chi connectivity index (χ3n) is 5.10. The molecule has 2 aliphatic carbocycles.